The third-order valence-corrected chi connectivity index (χ3v) is 10.2. The Morgan fingerprint density at radius 3 is 2.14 bits per heavy atom. The standard InChI is InChI=1S/C12H12Cl2N4O6S4/c13-9-6-8(11(14)25-9)28(23,24)17-3-1-16(2-4-17)12-7(18(19)20)5-10(26-12)27(15,21)22/h5-6H,1-4H2,(H2,15,21,22). The number of hydrogen-bond donors (Lipinski definition) is 1. The number of rotatable bonds is 5. The number of piperazine rings is 1. The Hall–Kier alpha value is -1.000. The van der Waals surface area contributed by atoms with Crippen molar-refractivity contribution < 1.29 is 21.8 Å². The number of sulfonamides is 2. The van der Waals surface area contributed by atoms with Crippen LogP contribution in [0.25, 0.3) is 0 Å². The maximum Gasteiger partial charge on any atom is 0.305 e. The molecule has 1 aliphatic heterocycles. The molecule has 0 amide bonds. The van der Waals surface area contributed by atoms with E-state index in [4.69, 9.17) is 28.3 Å². The van der Waals surface area contributed by atoms with E-state index in [2.05, 4.69) is 0 Å². The molecule has 0 aliphatic carbocycles. The van der Waals surface area contributed by atoms with Crippen molar-refractivity contribution in [2.75, 3.05) is 31.1 Å². The summed E-state index contributed by atoms with van der Waals surface area (Å²) in [5.74, 6) is 0. The zero-order chi connectivity index (χ0) is 20.9. The average Bonchev–Trinajstić information content (AvgIpc) is 3.18. The van der Waals surface area contributed by atoms with Gasteiger partial charge in [-0.15, -0.1) is 11.3 Å². The molecular formula is C12H12Cl2N4O6S4. The van der Waals surface area contributed by atoms with Crippen LogP contribution in [0.1, 0.15) is 0 Å². The first-order valence-electron chi connectivity index (χ1n) is 7.42. The Labute approximate surface area is 178 Å². The lowest BCUT2D eigenvalue weighted by atomic mass is 10.3. The second-order valence-electron chi connectivity index (χ2n) is 5.64. The lowest BCUT2D eigenvalue weighted by Gasteiger charge is -2.34. The van der Waals surface area contributed by atoms with Gasteiger partial charge in [0.2, 0.25) is 20.0 Å². The van der Waals surface area contributed by atoms with E-state index in [1.54, 1.807) is 4.90 Å². The topological polar surface area (TPSA) is 144 Å². The fraction of sp³-hybridized carbons (Fsp3) is 0.333. The van der Waals surface area contributed by atoms with Gasteiger partial charge in [-0.05, 0) is 6.07 Å². The average molecular weight is 507 g/mol. The first kappa shape index (κ1) is 21.7. The number of nitrogens with two attached hydrogens (primary N) is 1. The molecule has 3 rings (SSSR count). The minimum absolute atomic E-state index is 0.0336. The summed E-state index contributed by atoms with van der Waals surface area (Å²) in [4.78, 5) is 12.0. The molecule has 2 aromatic heterocycles. The summed E-state index contributed by atoms with van der Waals surface area (Å²) in [5.41, 5.74) is -0.391. The number of anilines is 1. The molecule has 0 saturated carbocycles. The minimum atomic E-state index is -4.09. The van der Waals surface area contributed by atoms with Gasteiger partial charge >= 0.3 is 5.69 Å². The van der Waals surface area contributed by atoms with E-state index in [1.807, 2.05) is 0 Å². The molecule has 28 heavy (non-hydrogen) atoms. The molecule has 2 N–H and O–H groups in total. The highest BCUT2D eigenvalue weighted by Crippen LogP contribution is 2.40. The van der Waals surface area contributed by atoms with Crippen LogP contribution in [0, 0.1) is 10.1 Å². The van der Waals surface area contributed by atoms with Crippen LogP contribution in [-0.4, -0.2) is 52.2 Å². The van der Waals surface area contributed by atoms with Gasteiger partial charge in [0.05, 0.1) is 9.26 Å². The van der Waals surface area contributed by atoms with Crippen molar-refractivity contribution in [2.24, 2.45) is 5.14 Å². The van der Waals surface area contributed by atoms with Gasteiger partial charge in [0.1, 0.15) is 13.4 Å². The number of primary sulfonamides is 1. The van der Waals surface area contributed by atoms with E-state index in [9.17, 15) is 26.9 Å². The van der Waals surface area contributed by atoms with Crippen LogP contribution >= 0.6 is 45.9 Å². The van der Waals surface area contributed by atoms with E-state index in [0.717, 1.165) is 17.4 Å². The molecule has 0 aromatic carbocycles. The van der Waals surface area contributed by atoms with Gasteiger partial charge in [-0.3, -0.25) is 10.1 Å². The molecule has 2 aromatic rings. The zero-order valence-corrected chi connectivity index (χ0v) is 18.5. The first-order valence-corrected chi connectivity index (χ1v) is 12.8. The van der Waals surface area contributed by atoms with Crippen LogP contribution in [0.2, 0.25) is 8.67 Å². The molecule has 1 saturated heterocycles. The van der Waals surface area contributed by atoms with Crippen molar-refractivity contribution in [1.82, 2.24) is 4.31 Å². The summed E-state index contributed by atoms with van der Waals surface area (Å²) in [7, 11) is -7.96. The first-order chi connectivity index (χ1) is 12.9. The number of thiophene rings is 2. The Morgan fingerprint density at radius 1 is 1.07 bits per heavy atom. The lowest BCUT2D eigenvalue weighted by Crippen LogP contribution is -2.48. The number of nitro groups is 1. The van der Waals surface area contributed by atoms with Crippen LogP contribution in [-0.2, 0) is 20.0 Å². The Morgan fingerprint density at radius 2 is 1.68 bits per heavy atom. The van der Waals surface area contributed by atoms with Gasteiger partial charge in [-0.1, -0.05) is 34.5 Å². The van der Waals surface area contributed by atoms with E-state index in [-0.39, 0.29) is 49.0 Å². The second kappa shape index (κ2) is 7.68. The third-order valence-electron chi connectivity index (χ3n) is 3.92. The lowest BCUT2D eigenvalue weighted by molar-refractivity contribution is -0.383. The normalized spacial score (nSPS) is 16.5. The SMILES string of the molecule is NS(=O)(=O)c1cc([N+](=O)[O-])c(N2CCN(S(=O)(=O)c3cc(Cl)sc3Cl)CC2)s1. The van der Waals surface area contributed by atoms with Crippen molar-refractivity contribution >= 4 is 76.6 Å². The van der Waals surface area contributed by atoms with Crippen molar-refractivity contribution in [3.05, 3.63) is 30.9 Å². The quantitative estimate of drug-likeness (QED) is 0.483. The highest BCUT2D eigenvalue weighted by atomic mass is 35.5. The molecule has 0 bridgehead atoms. The fourth-order valence-corrected chi connectivity index (χ4v) is 8.04. The van der Waals surface area contributed by atoms with Crippen LogP contribution in [0.15, 0.2) is 21.2 Å². The van der Waals surface area contributed by atoms with Crippen molar-refractivity contribution in [1.29, 1.82) is 0 Å². The molecule has 0 spiro atoms. The van der Waals surface area contributed by atoms with Crippen LogP contribution < -0.4 is 10.0 Å². The van der Waals surface area contributed by atoms with Gasteiger partial charge in [0.15, 0.2) is 5.00 Å². The Bertz CT molecular complexity index is 1140. The highest BCUT2D eigenvalue weighted by molar-refractivity contribution is 7.91. The fourth-order valence-electron chi connectivity index (χ4n) is 2.62. The van der Waals surface area contributed by atoms with Gasteiger partial charge in [0, 0.05) is 32.2 Å². The minimum Gasteiger partial charge on any atom is -0.355 e. The van der Waals surface area contributed by atoms with Crippen LogP contribution in [0.3, 0.4) is 0 Å². The molecule has 154 valence electrons. The number of nitrogens with zero attached hydrogens (tertiary/aromatic N) is 3. The van der Waals surface area contributed by atoms with Gasteiger partial charge < -0.3 is 4.90 Å². The Balaban J connectivity index is 1.84. The van der Waals surface area contributed by atoms with Crippen molar-refractivity contribution in [3.63, 3.8) is 0 Å². The molecule has 0 unspecified atom stereocenters. The second-order valence-corrected chi connectivity index (χ2v) is 12.6. The smallest absolute Gasteiger partial charge is 0.305 e. The molecule has 10 nitrogen and oxygen atoms in total. The molecule has 0 atom stereocenters. The zero-order valence-electron chi connectivity index (χ0n) is 13.7. The molecule has 3 heterocycles. The Kier molecular flexibility index (Phi) is 5.95. The van der Waals surface area contributed by atoms with E-state index in [0.29, 0.717) is 11.3 Å². The number of halogens is 2. The van der Waals surface area contributed by atoms with Crippen molar-refractivity contribution in [2.45, 2.75) is 9.10 Å². The molecule has 1 aliphatic rings. The predicted octanol–water partition coefficient (Wildman–Crippen LogP) is 2.18. The van der Waals surface area contributed by atoms with Gasteiger partial charge in [-0.2, -0.15) is 4.31 Å². The summed E-state index contributed by atoms with van der Waals surface area (Å²) >= 11 is 13.4. The summed E-state index contributed by atoms with van der Waals surface area (Å²) in [5, 5.41) is 16.4. The predicted molar refractivity (Wildman–Crippen MR) is 108 cm³/mol. The van der Waals surface area contributed by atoms with Crippen LogP contribution in [0.5, 0.6) is 0 Å². The molecule has 16 heteroatoms. The third kappa shape index (κ3) is 4.14. The summed E-state index contributed by atoms with van der Waals surface area (Å²) in [6.07, 6.45) is 0. The molecule has 1 fully saturated rings. The van der Waals surface area contributed by atoms with Crippen LogP contribution in [0.4, 0.5) is 10.7 Å². The monoisotopic (exact) mass is 506 g/mol. The maximum atomic E-state index is 12.7. The largest absolute Gasteiger partial charge is 0.355 e. The summed E-state index contributed by atoms with van der Waals surface area (Å²) in [6.45, 7) is 0.318. The van der Waals surface area contributed by atoms with Crippen molar-refractivity contribution in [3.8, 4) is 0 Å². The van der Waals surface area contributed by atoms with E-state index in [1.165, 1.54) is 10.4 Å². The maximum absolute atomic E-state index is 12.7. The van der Waals surface area contributed by atoms with Gasteiger partial charge in [-0.25, -0.2) is 22.0 Å². The van der Waals surface area contributed by atoms with E-state index >= 15 is 0 Å². The molecule has 0 radical (unpaired) electrons. The molecular weight excluding hydrogens is 495 g/mol. The highest BCUT2D eigenvalue weighted by Gasteiger charge is 2.34. The van der Waals surface area contributed by atoms with E-state index < -0.39 is 30.7 Å². The summed E-state index contributed by atoms with van der Waals surface area (Å²) in [6, 6.07) is 2.18. The van der Waals surface area contributed by atoms with Gasteiger partial charge in [0.25, 0.3) is 0 Å². The number of hydrogen-bond acceptors (Lipinski definition) is 9. The summed E-state index contributed by atoms with van der Waals surface area (Å²) < 4.78 is 49.7.